The molecule has 0 aliphatic carbocycles. The summed E-state index contributed by atoms with van der Waals surface area (Å²) in [6.45, 7) is 3.50. The number of hydrogen-bond donors (Lipinski definition) is 1. The summed E-state index contributed by atoms with van der Waals surface area (Å²) in [5.41, 5.74) is -0.926. The SMILES string of the molecule is CN(CC(C)(C)O)C(=O)Oc1ccccc1. The van der Waals surface area contributed by atoms with Crippen LogP contribution in [0.4, 0.5) is 4.79 Å². The van der Waals surface area contributed by atoms with E-state index in [1.165, 1.54) is 4.90 Å². The van der Waals surface area contributed by atoms with E-state index in [0.29, 0.717) is 5.75 Å². The van der Waals surface area contributed by atoms with Crippen molar-refractivity contribution in [3.05, 3.63) is 30.3 Å². The number of nitrogens with zero attached hydrogens (tertiary/aromatic N) is 1. The van der Waals surface area contributed by atoms with Crippen LogP contribution in [0.3, 0.4) is 0 Å². The Bertz CT molecular complexity index is 343. The highest BCUT2D eigenvalue weighted by molar-refractivity contribution is 5.70. The monoisotopic (exact) mass is 223 g/mol. The van der Waals surface area contributed by atoms with Crippen LogP contribution in [-0.2, 0) is 0 Å². The van der Waals surface area contributed by atoms with Crippen LogP contribution in [0.5, 0.6) is 5.75 Å². The molecule has 0 heterocycles. The van der Waals surface area contributed by atoms with E-state index in [1.54, 1.807) is 45.2 Å². The molecule has 4 nitrogen and oxygen atoms in total. The van der Waals surface area contributed by atoms with Crippen LogP contribution in [0.25, 0.3) is 0 Å². The molecule has 0 bridgehead atoms. The van der Waals surface area contributed by atoms with E-state index in [9.17, 15) is 9.90 Å². The number of carbonyl (C=O) groups excluding carboxylic acids is 1. The Hall–Kier alpha value is -1.55. The number of rotatable bonds is 3. The molecule has 16 heavy (non-hydrogen) atoms. The normalized spacial score (nSPS) is 11.0. The van der Waals surface area contributed by atoms with Gasteiger partial charge in [0.05, 0.1) is 12.1 Å². The Morgan fingerprint density at radius 3 is 2.44 bits per heavy atom. The van der Waals surface area contributed by atoms with Crippen molar-refractivity contribution in [2.24, 2.45) is 0 Å². The summed E-state index contributed by atoms with van der Waals surface area (Å²) in [6.07, 6.45) is -0.478. The van der Waals surface area contributed by atoms with Gasteiger partial charge < -0.3 is 14.7 Å². The average molecular weight is 223 g/mol. The summed E-state index contributed by atoms with van der Waals surface area (Å²) in [7, 11) is 1.59. The molecule has 0 spiro atoms. The van der Waals surface area contributed by atoms with Gasteiger partial charge in [-0.3, -0.25) is 0 Å². The zero-order chi connectivity index (χ0) is 12.2. The van der Waals surface area contributed by atoms with Crippen LogP contribution in [0.1, 0.15) is 13.8 Å². The van der Waals surface area contributed by atoms with Crippen LogP contribution >= 0.6 is 0 Å². The first kappa shape index (κ1) is 12.5. The molecule has 4 heteroatoms. The molecule has 1 amide bonds. The van der Waals surface area contributed by atoms with E-state index < -0.39 is 11.7 Å². The second-order valence-corrected chi connectivity index (χ2v) is 4.35. The van der Waals surface area contributed by atoms with Gasteiger partial charge in [-0.2, -0.15) is 0 Å². The minimum absolute atomic E-state index is 0.221. The lowest BCUT2D eigenvalue weighted by atomic mass is 10.1. The lowest BCUT2D eigenvalue weighted by molar-refractivity contribution is 0.0460. The molecule has 0 aromatic heterocycles. The highest BCUT2D eigenvalue weighted by Crippen LogP contribution is 2.11. The summed E-state index contributed by atoms with van der Waals surface area (Å²) in [5.74, 6) is 0.495. The van der Waals surface area contributed by atoms with Gasteiger partial charge in [-0.25, -0.2) is 4.79 Å². The molecule has 0 saturated heterocycles. The second-order valence-electron chi connectivity index (χ2n) is 4.35. The van der Waals surface area contributed by atoms with Gasteiger partial charge in [-0.1, -0.05) is 18.2 Å². The highest BCUT2D eigenvalue weighted by Gasteiger charge is 2.20. The van der Waals surface area contributed by atoms with Crippen molar-refractivity contribution in [3.63, 3.8) is 0 Å². The van der Waals surface area contributed by atoms with Crippen LogP contribution in [0.2, 0.25) is 0 Å². The number of benzene rings is 1. The van der Waals surface area contributed by atoms with Crippen molar-refractivity contribution < 1.29 is 14.6 Å². The van der Waals surface area contributed by atoms with Crippen LogP contribution < -0.4 is 4.74 Å². The summed E-state index contributed by atoms with van der Waals surface area (Å²) in [5, 5.41) is 9.55. The maximum absolute atomic E-state index is 11.6. The topological polar surface area (TPSA) is 49.8 Å². The van der Waals surface area contributed by atoms with Crippen LogP contribution in [0, 0.1) is 0 Å². The minimum Gasteiger partial charge on any atom is -0.410 e. The van der Waals surface area contributed by atoms with Gasteiger partial charge in [0.15, 0.2) is 0 Å². The van der Waals surface area contributed by atoms with Crippen LogP contribution in [0.15, 0.2) is 30.3 Å². The largest absolute Gasteiger partial charge is 0.415 e. The van der Waals surface area contributed by atoms with Gasteiger partial charge in [0.2, 0.25) is 0 Å². The molecule has 0 atom stereocenters. The van der Waals surface area contributed by atoms with Crippen molar-refractivity contribution >= 4 is 6.09 Å². The van der Waals surface area contributed by atoms with Crippen molar-refractivity contribution in [1.82, 2.24) is 4.90 Å². The molecule has 0 radical (unpaired) electrons. The smallest absolute Gasteiger partial charge is 0.410 e. The molecule has 1 rings (SSSR count). The van der Waals surface area contributed by atoms with Gasteiger partial charge in [0, 0.05) is 7.05 Å². The Labute approximate surface area is 95.5 Å². The van der Waals surface area contributed by atoms with Gasteiger partial charge in [0.1, 0.15) is 5.75 Å². The quantitative estimate of drug-likeness (QED) is 0.851. The number of amides is 1. The standard InChI is InChI=1S/C12H17NO3/c1-12(2,15)9-13(3)11(14)16-10-7-5-4-6-8-10/h4-8,15H,9H2,1-3H3. The lowest BCUT2D eigenvalue weighted by Crippen LogP contribution is -2.41. The molecular weight excluding hydrogens is 206 g/mol. The van der Waals surface area contributed by atoms with E-state index >= 15 is 0 Å². The molecule has 1 N–H and O–H groups in total. The van der Waals surface area contributed by atoms with E-state index in [-0.39, 0.29) is 6.54 Å². The number of hydrogen-bond acceptors (Lipinski definition) is 3. The molecule has 0 aliphatic rings. The fraction of sp³-hybridized carbons (Fsp3) is 0.417. The minimum atomic E-state index is -0.926. The summed E-state index contributed by atoms with van der Waals surface area (Å²) >= 11 is 0. The molecule has 0 fully saturated rings. The number of likely N-dealkylation sites (N-methyl/N-ethyl adjacent to an activating group) is 1. The molecular formula is C12H17NO3. The maximum Gasteiger partial charge on any atom is 0.415 e. The maximum atomic E-state index is 11.6. The fourth-order valence-electron chi connectivity index (χ4n) is 1.31. The van der Waals surface area contributed by atoms with E-state index in [0.717, 1.165) is 0 Å². The number of para-hydroxylation sites is 1. The molecule has 1 aromatic carbocycles. The zero-order valence-electron chi connectivity index (χ0n) is 9.80. The summed E-state index contributed by atoms with van der Waals surface area (Å²) in [6, 6.07) is 8.83. The molecule has 0 unspecified atom stereocenters. The van der Waals surface area contributed by atoms with E-state index in [2.05, 4.69) is 0 Å². The molecule has 1 aromatic rings. The Kier molecular flexibility index (Phi) is 3.90. The first-order valence-electron chi connectivity index (χ1n) is 5.09. The third-order valence-electron chi connectivity index (χ3n) is 1.88. The molecule has 0 aliphatic heterocycles. The summed E-state index contributed by atoms with van der Waals surface area (Å²) < 4.78 is 5.10. The van der Waals surface area contributed by atoms with Gasteiger partial charge >= 0.3 is 6.09 Å². The third kappa shape index (κ3) is 4.31. The lowest BCUT2D eigenvalue weighted by Gasteiger charge is -2.24. The first-order chi connectivity index (χ1) is 7.38. The van der Waals surface area contributed by atoms with E-state index in [4.69, 9.17) is 4.74 Å². The molecule has 88 valence electrons. The zero-order valence-corrected chi connectivity index (χ0v) is 9.80. The predicted octanol–water partition coefficient (Wildman–Crippen LogP) is 1.89. The summed E-state index contributed by atoms with van der Waals surface area (Å²) in [4.78, 5) is 12.9. The Morgan fingerprint density at radius 1 is 1.38 bits per heavy atom. The third-order valence-corrected chi connectivity index (χ3v) is 1.88. The fourth-order valence-corrected chi connectivity index (χ4v) is 1.31. The van der Waals surface area contributed by atoms with Crippen LogP contribution in [-0.4, -0.2) is 35.3 Å². The Morgan fingerprint density at radius 2 is 1.94 bits per heavy atom. The van der Waals surface area contributed by atoms with Crippen molar-refractivity contribution in [2.45, 2.75) is 19.4 Å². The number of ether oxygens (including phenoxy) is 1. The average Bonchev–Trinajstić information content (AvgIpc) is 2.16. The predicted molar refractivity (Wildman–Crippen MR) is 61.4 cm³/mol. The number of aliphatic hydroxyl groups is 1. The number of carbonyl (C=O) groups is 1. The van der Waals surface area contributed by atoms with Crippen molar-refractivity contribution in [1.29, 1.82) is 0 Å². The van der Waals surface area contributed by atoms with Gasteiger partial charge in [-0.15, -0.1) is 0 Å². The van der Waals surface area contributed by atoms with Gasteiger partial charge in [-0.05, 0) is 26.0 Å². The van der Waals surface area contributed by atoms with Gasteiger partial charge in [0.25, 0.3) is 0 Å². The van der Waals surface area contributed by atoms with E-state index in [1.807, 2.05) is 6.07 Å². The Balaban J connectivity index is 2.53. The second kappa shape index (κ2) is 4.99. The molecule has 0 saturated carbocycles. The van der Waals surface area contributed by atoms with Crippen molar-refractivity contribution in [3.8, 4) is 5.75 Å². The first-order valence-corrected chi connectivity index (χ1v) is 5.09. The highest BCUT2D eigenvalue weighted by atomic mass is 16.6. The van der Waals surface area contributed by atoms with Crippen molar-refractivity contribution in [2.75, 3.05) is 13.6 Å².